The van der Waals surface area contributed by atoms with Gasteiger partial charge in [-0.3, -0.25) is 4.68 Å². The highest BCUT2D eigenvalue weighted by molar-refractivity contribution is 5.86. The van der Waals surface area contributed by atoms with E-state index in [1.54, 1.807) is 4.68 Å². The van der Waals surface area contributed by atoms with Crippen LogP contribution in [0.3, 0.4) is 0 Å². The highest BCUT2D eigenvalue weighted by Gasteiger charge is 2.04. The number of rotatable bonds is 6. The van der Waals surface area contributed by atoms with Gasteiger partial charge in [0, 0.05) is 32.4 Å². The molecule has 19 heavy (non-hydrogen) atoms. The Morgan fingerprint density at radius 3 is 2.68 bits per heavy atom. The van der Waals surface area contributed by atoms with Crippen molar-refractivity contribution in [3.63, 3.8) is 0 Å². The molecule has 2 rings (SSSR count). The van der Waals surface area contributed by atoms with Crippen LogP contribution in [0.15, 0.2) is 18.7 Å². The van der Waals surface area contributed by atoms with E-state index in [2.05, 4.69) is 25.4 Å². The number of aromatic carboxylic acids is 1. The summed E-state index contributed by atoms with van der Waals surface area (Å²) < 4.78 is 1.73. The minimum atomic E-state index is -1.03. The third-order valence-corrected chi connectivity index (χ3v) is 2.56. The Labute approximate surface area is 109 Å². The van der Waals surface area contributed by atoms with Gasteiger partial charge in [-0.25, -0.2) is 19.7 Å². The number of aryl methyl sites for hydroxylation is 2. The number of nitrogens with one attached hydrogen (secondary N) is 1. The molecule has 0 aliphatic rings. The molecule has 2 heterocycles. The van der Waals surface area contributed by atoms with E-state index in [9.17, 15) is 4.79 Å². The lowest BCUT2D eigenvalue weighted by Gasteiger charge is -2.04. The second-order valence-electron chi connectivity index (χ2n) is 3.93. The van der Waals surface area contributed by atoms with Crippen molar-refractivity contribution in [2.75, 3.05) is 11.9 Å². The van der Waals surface area contributed by atoms with Gasteiger partial charge in [0.25, 0.3) is 0 Å². The largest absolute Gasteiger partial charge is 0.478 e. The summed E-state index contributed by atoms with van der Waals surface area (Å²) in [5.41, 5.74) is 0.0737. The van der Waals surface area contributed by atoms with Crippen LogP contribution in [0.25, 0.3) is 0 Å². The lowest BCUT2D eigenvalue weighted by Crippen LogP contribution is -2.09. The number of carboxylic acid groups (broad SMARTS) is 1. The van der Waals surface area contributed by atoms with Crippen molar-refractivity contribution < 1.29 is 9.90 Å². The summed E-state index contributed by atoms with van der Waals surface area (Å²) >= 11 is 0. The van der Waals surface area contributed by atoms with Gasteiger partial charge in [0.2, 0.25) is 5.95 Å². The third-order valence-electron chi connectivity index (χ3n) is 2.56. The summed E-state index contributed by atoms with van der Waals surface area (Å²) in [4.78, 5) is 22.6. The van der Waals surface area contributed by atoms with E-state index in [4.69, 9.17) is 5.11 Å². The summed E-state index contributed by atoms with van der Waals surface area (Å²) in [6.45, 7) is 0.680. The predicted octanol–water partition coefficient (Wildman–Crippen LogP) is 0.348. The molecule has 0 aliphatic carbocycles. The van der Waals surface area contributed by atoms with Gasteiger partial charge in [-0.05, 0) is 6.42 Å². The molecule has 0 aliphatic heterocycles. The highest BCUT2D eigenvalue weighted by atomic mass is 16.4. The number of anilines is 1. The molecule has 8 nitrogen and oxygen atoms in total. The standard InChI is InChI=1S/C11H14N6O2/c1-17-9(15-7-16-17)3-2-4-12-11-13-5-8(6-14-11)10(18)19/h5-7H,2-4H2,1H3,(H,18,19)(H,12,13,14). The van der Waals surface area contributed by atoms with Crippen molar-refractivity contribution in [2.45, 2.75) is 12.8 Å². The molecular formula is C11H14N6O2. The van der Waals surface area contributed by atoms with Gasteiger partial charge in [0.1, 0.15) is 12.2 Å². The summed E-state index contributed by atoms with van der Waals surface area (Å²) in [5.74, 6) is 0.306. The quantitative estimate of drug-likeness (QED) is 0.723. The van der Waals surface area contributed by atoms with Gasteiger partial charge < -0.3 is 10.4 Å². The van der Waals surface area contributed by atoms with Crippen LogP contribution in [0.4, 0.5) is 5.95 Å². The SMILES string of the molecule is Cn1ncnc1CCCNc1ncc(C(=O)O)cn1. The molecule has 2 N–H and O–H groups in total. The van der Waals surface area contributed by atoms with Crippen LogP contribution in [0.5, 0.6) is 0 Å². The fourth-order valence-electron chi connectivity index (χ4n) is 1.52. The average Bonchev–Trinajstić information content (AvgIpc) is 2.81. The molecule has 8 heteroatoms. The summed E-state index contributed by atoms with van der Waals surface area (Å²) in [7, 11) is 1.85. The monoisotopic (exact) mass is 262 g/mol. The first-order chi connectivity index (χ1) is 9.16. The molecule has 2 aromatic heterocycles. The van der Waals surface area contributed by atoms with E-state index in [1.807, 2.05) is 7.05 Å². The molecule has 100 valence electrons. The molecule has 0 unspecified atom stereocenters. The third kappa shape index (κ3) is 3.47. The Morgan fingerprint density at radius 2 is 2.11 bits per heavy atom. The van der Waals surface area contributed by atoms with Crippen LogP contribution in [0, 0.1) is 0 Å². The zero-order valence-electron chi connectivity index (χ0n) is 10.4. The minimum absolute atomic E-state index is 0.0737. The molecule has 0 amide bonds. The van der Waals surface area contributed by atoms with E-state index >= 15 is 0 Å². The molecule has 0 radical (unpaired) electrons. The van der Waals surface area contributed by atoms with E-state index in [-0.39, 0.29) is 5.56 Å². The number of hydrogen-bond acceptors (Lipinski definition) is 6. The lowest BCUT2D eigenvalue weighted by molar-refractivity contribution is 0.0696. The van der Waals surface area contributed by atoms with Gasteiger partial charge in [0.05, 0.1) is 5.56 Å². The predicted molar refractivity (Wildman–Crippen MR) is 66.8 cm³/mol. The lowest BCUT2D eigenvalue weighted by atomic mass is 10.3. The number of hydrogen-bond donors (Lipinski definition) is 2. The average molecular weight is 262 g/mol. The van der Waals surface area contributed by atoms with Crippen LogP contribution < -0.4 is 5.32 Å². The van der Waals surface area contributed by atoms with E-state index in [1.165, 1.54) is 18.7 Å². The van der Waals surface area contributed by atoms with Crippen LogP contribution in [0.2, 0.25) is 0 Å². The molecule has 0 saturated carbocycles. The van der Waals surface area contributed by atoms with Gasteiger partial charge in [-0.2, -0.15) is 5.10 Å². The maximum absolute atomic E-state index is 10.6. The number of aromatic nitrogens is 5. The first kappa shape index (κ1) is 12.9. The molecular weight excluding hydrogens is 248 g/mol. The van der Waals surface area contributed by atoms with E-state index in [0.717, 1.165) is 18.7 Å². The molecule has 0 saturated heterocycles. The highest BCUT2D eigenvalue weighted by Crippen LogP contribution is 2.01. The van der Waals surface area contributed by atoms with Crippen LogP contribution in [-0.2, 0) is 13.5 Å². The first-order valence-electron chi connectivity index (χ1n) is 5.79. The molecule has 0 aromatic carbocycles. The smallest absolute Gasteiger partial charge is 0.338 e. The van der Waals surface area contributed by atoms with Crippen molar-refractivity contribution in [3.8, 4) is 0 Å². The Hall–Kier alpha value is -2.51. The molecule has 0 fully saturated rings. The summed E-state index contributed by atoms with van der Waals surface area (Å²) in [6.07, 6.45) is 5.74. The minimum Gasteiger partial charge on any atom is -0.478 e. The Balaban J connectivity index is 1.76. The van der Waals surface area contributed by atoms with Crippen molar-refractivity contribution in [1.82, 2.24) is 24.7 Å². The maximum atomic E-state index is 10.6. The van der Waals surface area contributed by atoms with Crippen LogP contribution >= 0.6 is 0 Å². The van der Waals surface area contributed by atoms with Crippen LogP contribution in [0.1, 0.15) is 22.6 Å². The van der Waals surface area contributed by atoms with Gasteiger partial charge in [-0.15, -0.1) is 0 Å². The van der Waals surface area contributed by atoms with Crippen molar-refractivity contribution >= 4 is 11.9 Å². The summed E-state index contributed by atoms with van der Waals surface area (Å²) in [5, 5.41) is 15.7. The van der Waals surface area contributed by atoms with E-state index < -0.39 is 5.97 Å². The van der Waals surface area contributed by atoms with Crippen molar-refractivity contribution in [1.29, 1.82) is 0 Å². The van der Waals surface area contributed by atoms with Crippen molar-refractivity contribution in [3.05, 3.63) is 30.1 Å². The Bertz CT molecular complexity index is 551. The maximum Gasteiger partial charge on any atom is 0.338 e. The van der Waals surface area contributed by atoms with Gasteiger partial charge in [0.15, 0.2) is 0 Å². The van der Waals surface area contributed by atoms with Crippen molar-refractivity contribution in [2.24, 2.45) is 7.05 Å². The van der Waals surface area contributed by atoms with Gasteiger partial charge in [-0.1, -0.05) is 0 Å². The first-order valence-corrected chi connectivity index (χ1v) is 5.79. The molecule has 0 spiro atoms. The summed E-state index contributed by atoms with van der Waals surface area (Å²) in [6, 6.07) is 0. The molecule has 2 aromatic rings. The number of nitrogens with zero attached hydrogens (tertiary/aromatic N) is 5. The zero-order chi connectivity index (χ0) is 13.7. The zero-order valence-corrected chi connectivity index (χ0v) is 10.4. The number of carboxylic acids is 1. The van der Waals surface area contributed by atoms with Crippen LogP contribution in [-0.4, -0.2) is 42.4 Å². The van der Waals surface area contributed by atoms with Gasteiger partial charge >= 0.3 is 5.97 Å². The number of carbonyl (C=O) groups is 1. The van der Waals surface area contributed by atoms with E-state index in [0.29, 0.717) is 12.5 Å². The second kappa shape index (κ2) is 5.89. The Kier molecular flexibility index (Phi) is 4.01. The topological polar surface area (TPSA) is 106 Å². The fraction of sp³-hybridized carbons (Fsp3) is 0.364. The molecule has 0 bridgehead atoms. The normalized spacial score (nSPS) is 10.4. The molecule has 0 atom stereocenters. The Morgan fingerprint density at radius 1 is 1.37 bits per heavy atom. The fourth-order valence-corrected chi connectivity index (χ4v) is 1.52. The second-order valence-corrected chi connectivity index (χ2v) is 3.93.